The third-order valence-corrected chi connectivity index (χ3v) is 4.60. The maximum Gasteiger partial charge on any atom is 0.497 e. The van der Waals surface area contributed by atoms with Crippen LogP contribution in [0, 0.1) is 0 Å². The van der Waals surface area contributed by atoms with Crippen LogP contribution in [-0.4, -0.2) is 30.0 Å². The smallest absolute Gasteiger partial charge is 0.444 e. The SMILES string of the molecule is CC(C)(C)OC(=O)Nc1cscc1B1OC(C)(C)C(C)(C)O1. The van der Waals surface area contributed by atoms with Crippen molar-refractivity contribution in [1.29, 1.82) is 0 Å². The standard InChI is InChI=1S/C15H24BNO4S/c1-13(2,3)19-12(18)17-11-9-22-8-10(11)16-20-14(4,5)15(6,7)21-16/h8-9H,1-7H3,(H,17,18). The first-order valence-electron chi connectivity index (χ1n) is 7.33. The minimum atomic E-state index is -0.537. The Bertz CT molecular complexity index is 546. The lowest BCUT2D eigenvalue weighted by Gasteiger charge is -2.32. The van der Waals surface area contributed by atoms with Crippen molar-refractivity contribution in [2.75, 3.05) is 5.32 Å². The molecule has 1 aliphatic heterocycles. The molecule has 1 fully saturated rings. The lowest BCUT2D eigenvalue weighted by atomic mass is 9.80. The Morgan fingerprint density at radius 2 is 1.73 bits per heavy atom. The largest absolute Gasteiger partial charge is 0.497 e. The van der Waals surface area contributed by atoms with Gasteiger partial charge in [-0.25, -0.2) is 4.79 Å². The highest BCUT2D eigenvalue weighted by Crippen LogP contribution is 2.37. The summed E-state index contributed by atoms with van der Waals surface area (Å²) in [6.07, 6.45) is -0.483. The number of anilines is 1. The molecule has 2 rings (SSSR count). The van der Waals surface area contributed by atoms with Crippen LogP contribution in [0.5, 0.6) is 0 Å². The van der Waals surface area contributed by atoms with Gasteiger partial charge in [-0.05, 0) is 53.8 Å². The number of hydrogen-bond donors (Lipinski definition) is 1. The lowest BCUT2D eigenvalue weighted by molar-refractivity contribution is 0.00578. The summed E-state index contributed by atoms with van der Waals surface area (Å²) in [6.45, 7) is 13.5. The summed E-state index contributed by atoms with van der Waals surface area (Å²) in [4.78, 5) is 11.9. The average Bonchev–Trinajstić information content (AvgIpc) is 2.79. The van der Waals surface area contributed by atoms with E-state index < -0.39 is 30.0 Å². The van der Waals surface area contributed by atoms with Gasteiger partial charge < -0.3 is 14.0 Å². The van der Waals surface area contributed by atoms with Gasteiger partial charge in [-0.15, -0.1) is 0 Å². The first-order valence-corrected chi connectivity index (χ1v) is 8.27. The lowest BCUT2D eigenvalue weighted by Crippen LogP contribution is -2.41. The molecule has 0 aliphatic carbocycles. The van der Waals surface area contributed by atoms with E-state index in [0.717, 1.165) is 5.46 Å². The monoisotopic (exact) mass is 325 g/mol. The zero-order valence-corrected chi connectivity index (χ0v) is 15.1. The maximum absolute atomic E-state index is 11.9. The van der Waals surface area contributed by atoms with Crippen molar-refractivity contribution in [2.24, 2.45) is 0 Å². The van der Waals surface area contributed by atoms with E-state index >= 15 is 0 Å². The van der Waals surface area contributed by atoms with Crippen LogP contribution in [0.2, 0.25) is 0 Å². The molecule has 1 aromatic heterocycles. The summed E-state index contributed by atoms with van der Waals surface area (Å²) in [7, 11) is -0.499. The number of thiophene rings is 1. The van der Waals surface area contributed by atoms with Crippen molar-refractivity contribution >= 4 is 35.7 Å². The Kier molecular flexibility index (Phi) is 4.36. The zero-order valence-electron chi connectivity index (χ0n) is 14.3. The van der Waals surface area contributed by atoms with Gasteiger partial charge in [0.25, 0.3) is 0 Å². The summed E-state index contributed by atoms with van der Waals surface area (Å²) in [5, 5.41) is 6.54. The molecule has 0 unspecified atom stereocenters. The first-order chi connectivity index (χ1) is 9.91. The summed E-state index contributed by atoms with van der Waals surface area (Å²) in [6, 6.07) is 0. The highest BCUT2D eigenvalue weighted by atomic mass is 32.1. The predicted octanol–water partition coefficient (Wildman–Crippen LogP) is 3.39. The van der Waals surface area contributed by atoms with E-state index in [2.05, 4.69) is 5.32 Å². The fourth-order valence-electron chi connectivity index (χ4n) is 1.97. The molecule has 0 radical (unpaired) electrons. The normalized spacial score (nSPS) is 20.0. The number of hydrogen-bond acceptors (Lipinski definition) is 5. The van der Waals surface area contributed by atoms with Crippen LogP contribution in [-0.2, 0) is 14.0 Å². The quantitative estimate of drug-likeness (QED) is 0.847. The van der Waals surface area contributed by atoms with E-state index in [1.54, 1.807) is 0 Å². The molecule has 1 amide bonds. The van der Waals surface area contributed by atoms with Crippen LogP contribution in [0.1, 0.15) is 48.5 Å². The van der Waals surface area contributed by atoms with Crippen LogP contribution in [0.4, 0.5) is 10.5 Å². The minimum Gasteiger partial charge on any atom is -0.444 e. The van der Waals surface area contributed by atoms with Gasteiger partial charge in [0.05, 0.1) is 16.9 Å². The number of rotatable bonds is 2. The second-order valence-corrected chi connectivity index (χ2v) is 8.20. The van der Waals surface area contributed by atoms with Crippen molar-refractivity contribution < 1.29 is 18.8 Å². The van der Waals surface area contributed by atoms with Crippen molar-refractivity contribution in [2.45, 2.75) is 65.3 Å². The molecule has 0 atom stereocenters. The third kappa shape index (κ3) is 3.64. The molecule has 7 heteroatoms. The molecule has 0 bridgehead atoms. The van der Waals surface area contributed by atoms with Crippen LogP contribution in [0.3, 0.4) is 0 Å². The second kappa shape index (κ2) is 5.55. The minimum absolute atomic E-state index is 0.414. The predicted molar refractivity (Wildman–Crippen MR) is 89.9 cm³/mol. The third-order valence-electron chi connectivity index (χ3n) is 3.83. The van der Waals surface area contributed by atoms with Crippen LogP contribution in [0.25, 0.3) is 0 Å². The summed E-state index contributed by atoms with van der Waals surface area (Å²) in [5.41, 5.74) is 0.114. The summed E-state index contributed by atoms with van der Waals surface area (Å²) >= 11 is 1.48. The van der Waals surface area contributed by atoms with E-state index in [1.807, 2.05) is 59.2 Å². The molecule has 1 aliphatic rings. The van der Waals surface area contributed by atoms with Crippen LogP contribution >= 0.6 is 11.3 Å². The maximum atomic E-state index is 11.9. The van der Waals surface area contributed by atoms with Gasteiger partial charge in [0.2, 0.25) is 0 Å². The number of carbonyl (C=O) groups is 1. The van der Waals surface area contributed by atoms with Gasteiger partial charge in [-0.1, -0.05) is 0 Å². The highest BCUT2D eigenvalue weighted by Gasteiger charge is 2.52. The molecule has 122 valence electrons. The van der Waals surface area contributed by atoms with Gasteiger partial charge in [0.15, 0.2) is 0 Å². The van der Waals surface area contributed by atoms with E-state index in [0.29, 0.717) is 5.69 Å². The Morgan fingerprint density at radius 3 is 2.23 bits per heavy atom. The fourth-order valence-corrected chi connectivity index (χ4v) is 2.76. The van der Waals surface area contributed by atoms with Crippen molar-refractivity contribution in [3.63, 3.8) is 0 Å². The van der Waals surface area contributed by atoms with E-state index in [-0.39, 0.29) is 0 Å². The van der Waals surface area contributed by atoms with Gasteiger partial charge in [-0.2, -0.15) is 11.3 Å². The van der Waals surface area contributed by atoms with E-state index in [9.17, 15) is 4.79 Å². The number of amides is 1. The molecule has 0 spiro atoms. The van der Waals surface area contributed by atoms with Crippen molar-refractivity contribution in [3.8, 4) is 0 Å². The van der Waals surface area contributed by atoms with Crippen molar-refractivity contribution in [1.82, 2.24) is 0 Å². The zero-order chi connectivity index (χ0) is 16.8. The molecule has 0 aromatic carbocycles. The molecular formula is C15H24BNO4S. The molecule has 5 nitrogen and oxygen atoms in total. The van der Waals surface area contributed by atoms with Crippen LogP contribution in [0.15, 0.2) is 10.8 Å². The van der Waals surface area contributed by atoms with Gasteiger partial charge in [-0.3, -0.25) is 5.32 Å². The summed E-state index contributed by atoms with van der Waals surface area (Å²) in [5.74, 6) is 0. The second-order valence-electron chi connectivity index (χ2n) is 7.46. The van der Waals surface area contributed by atoms with Crippen LogP contribution < -0.4 is 10.8 Å². The molecule has 1 saturated heterocycles. The Labute approximate surface area is 136 Å². The highest BCUT2D eigenvalue weighted by molar-refractivity contribution is 7.10. The van der Waals surface area contributed by atoms with E-state index in [4.69, 9.17) is 14.0 Å². The Morgan fingerprint density at radius 1 is 1.18 bits per heavy atom. The van der Waals surface area contributed by atoms with Gasteiger partial charge in [0.1, 0.15) is 5.60 Å². The molecule has 0 saturated carbocycles. The molecule has 1 N–H and O–H groups in total. The first kappa shape index (κ1) is 17.3. The average molecular weight is 325 g/mol. The van der Waals surface area contributed by atoms with E-state index in [1.165, 1.54) is 11.3 Å². The van der Waals surface area contributed by atoms with Gasteiger partial charge >= 0.3 is 13.2 Å². The number of ether oxygens (including phenoxy) is 1. The molecule has 2 heterocycles. The fraction of sp³-hybridized carbons (Fsp3) is 0.667. The molecule has 22 heavy (non-hydrogen) atoms. The van der Waals surface area contributed by atoms with Gasteiger partial charge in [0, 0.05) is 10.8 Å². The number of nitrogens with one attached hydrogen (secondary N) is 1. The summed E-state index contributed by atoms with van der Waals surface area (Å²) < 4.78 is 17.3. The Balaban J connectivity index is 2.13. The topological polar surface area (TPSA) is 56.8 Å². The Hall–Kier alpha value is -1.05. The number of carbonyl (C=O) groups excluding carboxylic acids is 1. The van der Waals surface area contributed by atoms with Crippen molar-refractivity contribution in [3.05, 3.63) is 10.8 Å². The molecular weight excluding hydrogens is 301 g/mol. The molecule has 1 aromatic rings.